The third-order valence-corrected chi connectivity index (χ3v) is 6.89. The molecule has 2 aliphatic rings. The summed E-state index contributed by atoms with van der Waals surface area (Å²) >= 11 is 0. The minimum atomic E-state index is -1.38. The van der Waals surface area contributed by atoms with Crippen LogP contribution in [0.2, 0.25) is 0 Å². The van der Waals surface area contributed by atoms with Crippen molar-refractivity contribution >= 4 is 5.97 Å². The summed E-state index contributed by atoms with van der Waals surface area (Å²) in [5.74, 6) is 0.415. The zero-order valence-electron chi connectivity index (χ0n) is 20.6. The zero-order chi connectivity index (χ0) is 24.5. The van der Waals surface area contributed by atoms with E-state index in [-0.39, 0.29) is 0 Å². The highest BCUT2D eigenvalue weighted by Gasteiger charge is 2.57. The van der Waals surface area contributed by atoms with E-state index >= 15 is 0 Å². The highest BCUT2D eigenvalue weighted by Crippen LogP contribution is 2.53. The van der Waals surface area contributed by atoms with E-state index < -0.39 is 17.7 Å². The molecule has 0 spiro atoms. The second kappa shape index (κ2) is 9.51. The first-order chi connectivity index (χ1) is 16.5. The van der Waals surface area contributed by atoms with Gasteiger partial charge in [-0.05, 0) is 53.2 Å². The number of methoxy groups -OCH3 is 3. The summed E-state index contributed by atoms with van der Waals surface area (Å²) in [6.07, 6.45) is 2.96. The van der Waals surface area contributed by atoms with E-state index in [1.54, 1.807) is 21.3 Å². The van der Waals surface area contributed by atoms with Crippen molar-refractivity contribution in [1.82, 2.24) is 0 Å². The largest absolute Gasteiger partial charge is 0.493 e. The van der Waals surface area contributed by atoms with E-state index in [0.717, 1.165) is 47.1 Å². The molecule has 0 fully saturated rings. The van der Waals surface area contributed by atoms with Gasteiger partial charge in [-0.1, -0.05) is 62.4 Å². The van der Waals surface area contributed by atoms with Crippen LogP contribution in [0.1, 0.15) is 43.4 Å². The summed E-state index contributed by atoms with van der Waals surface area (Å²) in [7, 11) is 4.83. The molecule has 0 aromatic heterocycles. The topological polar surface area (TPSA) is 54.0 Å². The Hall–Kier alpha value is -3.31. The van der Waals surface area contributed by atoms with Crippen LogP contribution in [0.5, 0.6) is 0 Å². The van der Waals surface area contributed by atoms with Gasteiger partial charge in [-0.3, -0.25) is 0 Å². The predicted molar refractivity (Wildman–Crippen MR) is 132 cm³/mol. The van der Waals surface area contributed by atoms with Crippen LogP contribution in [0.25, 0.3) is 11.1 Å². The maximum atomic E-state index is 12.9. The summed E-state index contributed by atoms with van der Waals surface area (Å²) in [4.78, 5) is 12.9. The molecule has 0 saturated heterocycles. The molecule has 5 heteroatoms. The SMILES string of the molecule is C=CC(=O)OC1(c2cccc3c2Cc2ccccc2-3)C(OC)=C(OC)C(C)=C(CCC)C1OC. The van der Waals surface area contributed by atoms with Gasteiger partial charge < -0.3 is 18.9 Å². The summed E-state index contributed by atoms with van der Waals surface area (Å²) in [6, 6.07) is 14.5. The van der Waals surface area contributed by atoms with E-state index in [2.05, 4.69) is 31.7 Å². The summed E-state index contributed by atoms with van der Waals surface area (Å²) in [5, 5.41) is 0. The predicted octanol–water partition coefficient (Wildman–Crippen LogP) is 5.83. The standard InChI is InChI=1S/C29H32O5/c1-7-12-20-18(3)26(31-4)28(33-6)29(27(20)32-5,34-25(30)8-2)24-16-11-15-22-21-14-10-9-13-19(21)17-23(22)24/h8-11,13-16,27H,2,7,12,17H2,1,3-6H3. The van der Waals surface area contributed by atoms with E-state index in [0.29, 0.717) is 11.5 Å². The van der Waals surface area contributed by atoms with Gasteiger partial charge in [0.15, 0.2) is 11.5 Å². The molecule has 2 atom stereocenters. The maximum absolute atomic E-state index is 12.9. The molecule has 0 radical (unpaired) electrons. The van der Waals surface area contributed by atoms with Crippen LogP contribution in [-0.2, 0) is 35.8 Å². The quantitative estimate of drug-likeness (QED) is 0.313. The number of carbonyl (C=O) groups is 1. The molecule has 4 rings (SSSR count). The molecule has 0 bridgehead atoms. The smallest absolute Gasteiger partial charge is 0.331 e. The highest BCUT2D eigenvalue weighted by atomic mass is 16.6. The first-order valence-electron chi connectivity index (χ1n) is 11.6. The second-order valence-corrected chi connectivity index (χ2v) is 8.61. The van der Waals surface area contributed by atoms with E-state index in [1.807, 2.05) is 31.2 Å². The van der Waals surface area contributed by atoms with E-state index in [1.165, 1.54) is 17.2 Å². The molecule has 0 amide bonds. The van der Waals surface area contributed by atoms with Gasteiger partial charge in [-0.25, -0.2) is 4.79 Å². The third kappa shape index (κ3) is 3.46. The van der Waals surface area contributed by atoms with Crippen molar-refractivity contribution < 1.29 is 23.7 Å². The Morgan fingerprint density at radius 3 is 2.47 bits per heavy atom. The lowest BCUT2D eigenvalue weighted by atomic mass is 9.73. The molecular formula is C29H32O5. The van der Waals surface area contributed by atoms with Crippen LogP contribution in [0.4, 0.5) is 0 Å². The van der Waals surface area contributed by atoms with Gasteiger partial charge in [0.25, 0.3) is 0 Å². The Bertz CT molecular complexity index is 1190. The number of fused-ring (bicyclic) bond motifs is 3. The fourth-order valence-corrected chi connectivity index (χ4v) is 5.56. The number of carbonyl (C=O) groups excluding carboxylic acids is 1. The number of hydrogen-bond donors (Lipinski definition) is 0. The van der Waals surface area contributed by atoms with Crippen LogP contribution in [0, 0.1) is 0 Å². The number of ether oxygens (including phenoxy) is 4. The molecule has 178 valence electrons. The molecule has 0 N–H and O–H groups in total. The number of rotatable bonds is 8. The second-order valence-electron chi connectivity index (χ2n) is 8.61. The fourth-order valence-electron chi connectivity index (χ4n) is 5.56. The van der Waals surface area contributed by atoms with Crippen molar-refractivity contribution in [3.05, 3.63) is 94.5 Å². The Labute approximate surface area is 201 Å². The van der Waals surface area contributed by atoms with Crippen molar-refractivity contribution in [1.29, 1.82) is 0 Å². The zero-order valence-corrected chi connectivity index (χ0v) is 20.6. The molecule has 5 nitrogen and oxygen atoms in total. The molecule has 0 saturated carbocycles. The van der Waals surface area contributed by atoms with Crippen LogP contribution in [0.15, 0.2) is 77.8 Å². The lowest BCUT2D eigenvalue weighted by molar-refractivity contribution is -0.171. The molecule has 34 heavy (non-hydrogen) atoms. The molecule has 2 aromatic rings. The molecule has 2 aliphatic carbocycles. The Morgan fingerprint density at radius 1 is 1.09 bits per heavy atom. The first kappa shape index (κ1) is 23.8. The lowest BCUT2D eigenvalue weighted by Gasteiger charge is -2.45. The number of esters is 1. The average molecular weight is 461 g/mol. The normalized spacial score (nSPS) is 21.1. The summed E-state index contributed by atoms with van der Waals surface area (Å²) in [5.41, 5.74) is 6.03. The van der Waals surface area contributed by atoms with Gasteiger partial charge in [-0.2, -0.15) is 0 Å². The fraction of sp³-hybridized carbons (Fsp3) is 0.345. The average Bonchev–Trinajstić information content (AvgIpc) is 3.24. The van der Waals surface area contributed by atoms with Crippen LogP contribution >= 0.6 is 0 Å². The van der Waals surface area contributed by atoms with Gasteiger partial charge in [0.2, 0.25) is 5.60 Å². The van der Waals surface area contributed by atoms with Gasteiger partial charge in [0.05, 0.1) is 14.2 Å². The highest BCUT2D eigenvalue weighted by molar-refractivity contribution is 5.83. The minimum Gasteiger partial charge on any atom is -0.493 e. The van der Waals surface area contributed by atoms with Gasteiger partial charge >= 0.3 is 5.97 Å². The van der Waals surface area contributed by atoms with Gasteiger partial charge in [0.1, 0.15) is 6.10 Å². The van der Waals surface area contributed by atoms with Crippen molar-refractivity contribution in [3.63, 3.8) is 0 Å². The molecule has 2 aromatic carbocycles. The van der Waals surface area contributed by atoms with E-state index in [4.69, 9.17) is 18.9 Å². The van der Waals surface area contributed by atoms with Gasteiger partial charge in [0, 0.05) is 18.7 Å². The van der Waals surface area contributed by atoms with Crippen LogP contribution in [-0.4, -0.2) is 33.4 Å². The van der Waals surface area contributed by atoms with Crippen molar-refractivity contribution in [2.24, 2.45) is 0 Å². The summed E-state index contributed by atoms with van der Waals surface area (Å²) < 4.78 is 24.4. The monoisotopic (exact) mass is 460 g/mol. The van der Waals surface area contributed by atoms with Crippen LogP contribution in [0.3, 0.4) is 0 Å². The Kier molecular flexibility index (Phi) is 6.67. The van der Waals surface area contributed by atoms with Crippen molar-refractivity contribution in [3.8, 4) is 11.1 Å². The Balaban J connectivity index is 2.09. The van der Waals surface area contributed by atoms with Crippen molar-refractivity contribution in [2.75, 3.05) is 21.3 Å². The molecular weight excluding hydrogens is 428 g/mol. The third-order valence-electron chi connectivity index (χ3n) is 6.89. The molecule has 0 aliphatic heterocycles. The maximum Gasteiger partial charge on any atom is 0.331 e. The van der Waals surface area contributed by atoms with Crippen molar-refractivity contribution in [2.45, 2.75) is 44.8 Å². The molecule has 0 heterocycles. The lowest BCUT2D eigenvalue weighted by Crippen LogP contribution is -2.51. The number of allylic oxidation sites excluding steroid dienone is 1. The van der Waals surface area contributed by atoms with Crippen LogP contribution < -0.4 is 0 Å². The van der Waals surface area contributed by atoms with Gasteiger partial charge in [-0.15, -0.1) is 0 Å². The Morgan fingerprint density at radius 2 is 1.82 bits per heavy atom. The molecule has 2 unspecified atom stereocenters. The summed E-state index contributed by atoms with van der Waals surface area (Å²) in [6.45, 7) is 7.77. The first-order valence-corrected chi connectivity index (χ1v) is 11.6. The number of benzene rings is 2. The van der Waals surface area contributed by atoms with E-state index in [9.17, 15) is 4.79 Å². The number of hydrogen-bond acceptors (Lipinski definition) is 5. The minimum absolute atomic E-state index is 0.416.